The van der Waals surface area contributed by atoms with Crippen LogP contribution >= 0.6 is 0 Å². The molecule has 0 saturated carbocycles. The molecule has 86 valence electrons. The van der Waals surface area contributed by atoms with E-state index in [4.69, 9.17) is 9.47 Å². The average molecular weight is 222 g/mol. The Morgan fingerprint density at radius 2 is 2.31 bits per heavy atom. The van der Waals surface area contributed by atoms with Crippen molar-refractivity contribution in [2.45, 2.75) is 19.1 Å². The van der Waals surface area contributed by atoms with E-state index in [0.29, 0.717) is 12.2 Å². The molecule has 0 amide bonds. The molecular formula is C12H14O4. The zero-order chi connectivity index (χ0) is 11.6. The van der Waals surface area contributed by atoms with Gasteiger partial charge in [-0.1, -0.05) is 24.3 Å². The van der Waals surface area contributed by atoms with E-state index in [2.05, 4.69) is 0 Å². The van der Waals surface area contributed by atoms with Gasteiger partial charge in [0.1, 0.15) is 0 Å². The summed E-state index contributed by atoms with van der Waals surface area (Å²) in [4.78, 5) is 11.7. The van der Waals surface area contributed by atoms with Crippen molar-refractivity contribution in [1.29, 1.82) is 0 Å². The number of aliphatic hydroxyl groups is 1. The summed E-state index contributed by atoms with van der Waals surface area (Å²) in [6.07, 6.45) is 0. The lowest BCUT2D eigenvalue weighted by atomic mass is 9.89. The summed E-state index contributed by atoms with van der Waals surface area (Å²) in [5.74, 6) is -0.651. The highest BCUT2D eigenvalue weighted by Gasteiger charge is 2.43. The van der Waals surface area contributed by atoms with Gasteiger partial charge in [0.25, 0.3) is 0 Å². The predicted molar refractivity (Wildman–Crippen MR) is 56.6 cm³/mol. The van der Waals surface area contributed by atoms with Crippen LogP contribution in [0.25, 0.3) is 0 Å². The Morgan fingerprint density at radius 3 is 3.06 bits per heavy atom. The van der Waals surface area contributed by atoms with Crippen LogP contribution in [0.4, 0.5) is 0 Å². The van der Waals surface area contributed by atoms with Crippen LogP contribution in [0.1, 0.15) is 18.1 Å². The summed E-state index contributed by atoms with van der Waals surface area (Å²) in [6, 6.07) is 7.20. The molecule has 0 bridgehead atoms. The van der Waals surface area contributed by atoms with Crippen LogP contribution in [-0.2, 0) is 26.5 Å². The van der Waals surface area contributed by atoms with Crippen LogP contribution in [0.3, 0.4) is 0 Å². The number of fused-ring (bicyclic) bond motifs is 1. The molecule has 1 aliphatic rings. The van der Waals surface area contributed by atoms with Gasteiger partial charge in [0.2, 0.25) is 5.60 Å². The molecule has 1 unspecified atom stereocenters. The van der Waals surface area contributed by atoms with Crippen LogP contribution in [0.15, 0.2) is 24.3 Å². The minimum Gasteiger partial charge on any atom is -0.464 e. The molecule has 4 heteroatoms. The Kier molecular flexibility index (Phi) is 2.94. The molecule has 16 heavy (non-hydrogen) atoms. The van der Waals surface area contributed by atoms with Crippen LogP contribution in [-0.4, -0.2) is 24.3 Å². The molecule has 0 radical (unpaired) electrons. The van der Waals surface area contributed by atoms with Crippen LogP contribution in [0.5, 0.6) is 0 Å². The minimum atomic E-state index is -1.66. The molecule has 2 rings (SSSR count). The van der Waals surface area contributed by atoms with E-state index in [1.807, 2.05) is 12.1 Å². The highest BCUT2D eigenvalue weighted by atomic mass is 16.6. The molecule has 0 saturated heterocycles. The number of carbonyl (C=O) groups is 1. The first-order chi connectivity index (χ1) is 7.68. The normalized spacial score (nSPS) is 23.6. The number of carbonyl (C=O) groups excluding carboxylic acids is 1. The van der Waals surface area contributed by atoms with Crippen molar-refractivity contribution in [3.8, 4) is 0 Å². The Labute approximate surface area is 93.8 Å². The molecule has 0 aromatic heterocycles. The monoisotopic (exact) mass is 222 g/mol. The fraction of sp³-hybridized carbons (Fsp3) is 0.417. The van der Waals surface area contributed by atoms with E-state index in [1.165, 1.54) is 0 Å². The second-order valence-electron chi connectivity index (χ2n) is 3.73. The second kappa shape index (κ2) is 4.23. The maximum absolute atomic E-state index is 11.7. The SMILES string of the molecule is CCOC(=O)C1(O)COCc2ccccc21. The summed E-state index contributed by atoms with van der Waals surface area (Å²) in [5.41, 5.74) is -0.255. The predicted octanol–water partition coefficient (Wildman–Crippen LogP) is 0.968. The van der Waals surface area contributed by atoms with E-state index >= 15 is 0 Å². The summed E-state index contributed by atoms with van der Waals surface area (Å²) < 4.78 is 10.1. The largest absolute Gasteiger partial charge is 0.464 e. The van der Waals surface area contributed by atoms with Crippen molar-refractivity contribution in [3.05, 3.63) is 35.4 Å². The van der Waals surface area contributed by atoms with Crippen molar-refractivity contribution in [3.63, 3.8) is 0 Å². The third kappa shape index (κ3) is 1.70. The molecule has 0 spiro atoms. The topological polar surface area (TPSA) is 55.8 Å². The molecule has 1 aromatic carbocycles. The average Bonchev–Trinajstić information content (AvgIpc) is 2.30. The van der Waals surface area contributed by atoms with Crippen LogP contribution in [0, 0.1) is 0 Å². The quantitative estimate of drug-likeness (QED) is 0.757. The molecule has 1 aliphatic heterocycles. The van der Waals surface area contributed by atoms with Gasteiger partial charge in [0.05, 0.1) is 19.8 Å². The van der Waals surface area contributed by atoms with Crippen molar-refractivity contribution in [2.24, 2.45) is 0 Å². The van der Waals surface area contributed by atoms with Gasteiger partial charge < -0.3 is 14.6 Å². The lowest BCUT2D eigenvalue weighted by Crippen LogP contribution is -2.44. The molecule has 0 aliphatic carbocycles. The molecule has 1 N–H and O–H groups in total. The molecule has 1 atom stereocenters. The van der Waals surface area contributed by atoms with Gasteiger partial charge in [0, 0.05) is 5.56 Å². The van der Waals surface area contributed by atoms with E-state index in [0.717, 1.165) is 5.56 Å². The zero-order valence-corrected chi connectivity index (χ0v) is 9.10. The highest BCUT2D eigenvalue weighted by molar-refractivity contribution is 5.82. The summed E-state index contributed by atoms with van der Waals surface area (Å²) in [6.45, 7) is 2.31. The lowest BCUT2D eigenvalue weighted by molar-refractivity contribution is -0.176. The van der Waals surface area contributed by atoms with E-state index in [1.54, 1.807) is 19.1 Å². The number of ether oxygens (including phenoxy) is 2. The van der Waals surface area contributed by atoms with Crippen molar-refractivity contribution >= 4 is 5.97 Å². The summed E-state index contributed by atoms with van der Waals surface area (Å²) in [7, 11) is 0. The van der Waals surface area contributed by atoms with E-state index in [-0.39, 0.29) is 13.2 Å². The maximum atomic E-state index is 11.7. The van der Waals surface area contributed by atoms with Crippen LogP contribution in [0.2, 0.25) is 0 Å². The van der Waals surface area contributed by atoms with Crippen molar-refractivity contribution in [2.75, 3.05) is 13.2 Å². The lowest BCUT2D eigenvalue weighted by Gasteiger charge is -2.31. The van der Waals surface area contributed by atoms with Gasteiger partial charge >= 0.3 is 5.97 Å². The van der Waals surface area contributed by atoms with E-state index < -0.39 is 11.6 Å². The van der Waals surface area contributed by atoms with Gasteiger partial charge in [-0.2, -0.15) is 0 Å². The van der Waals surface area contributed by atoms with Crippen molar-refractivity contribution in [1.82, 2.24) is 0 Å². The van der Waals surface area contributed by atoms with Gasteiger partial charge in [-0.25, -0.2) is 4.79 Å². The molecule has 4 nitrogen and oxygen atoms in total. The standard InChI is InChI=1S/C12H14O4/c1-2-16-11(13)12(14)8-15-7-9-5-3-4-6-10(9)12/h3-6,14H,2,7-8H2,1H3. The molecule has 0 fully saturated rings. The first-order valence-corrected chi connectivity index (χ1v) is 5.24. The van der Waals surface area contributed by atoms with Crippen molar-refractivity contribution < 1.29 is 19.4 Å². The number of hydrogen-bond donors (Lipinski definition) is 1. The first kappa shape index (κ1) is 11.1. The Morgan fingerprint density at radius 1 is 1.56 bits per heavy atom. The summed E-state index contributed by atoms with van der Waals surface area (Å²) in [5, 5.41) is 10.3. The maximum Gasteiger partial charge on any atom is 0.345 e. The Hall–Kier alpha value is -1.39. The Bertz CT molecular complexity index is 402. The minimum absolute atomic E-state index is 0.0527. The molecular weight excluding hydrogens is 208 g/mol. The smallest absolute Gasteiger partial charge is 0.345 e. The fourth-order valence-corrected chi connectivity index (χ4v) is 1.86. The number of benzene rings is 1. The fourth-order valence-electron chi connectivity index (χ4n) is 1.86. The number of rotatable bonds is 2. The third-order valence-corrected chi connectivity index (χ3v) is 2.64. The van der Waals surface area contributed by atoms with Gasteiger partial charge in [-0.3, -0.25) is 0 Å². The third-order valence-electron chi connectivity index (χ3n) is 2.64. The first-order valence-electron chi connectivity index (χ1n) is 5.24. The zero-order valence-electron chi connectivity index (χ0n) is 9.10. The molecule has 1 heterocycles. The van der Waals surface area contributed by atoms with Crippen LogP contribution < -0.4 is 0 Å². The number of hydrogen-bond acceptors (Lipinski definition) is 4. The highest BCUT2D eigenvalue weighted by Crippen LogP contribution is 2.31. The van der Waals surface area contributed by atoms with Gasteiger partial charge in [0.15, 0.2) is 0 Å². The molecule has 1 aromatic rings. The summed E-state index contributed by atoms with van der Waals surface area (Å²) >= 11 is 0. The van der Waals surface area contributed by atoms with E-state index in [9.17, 15) is 9.90 Å². The van der Waals surface area contributed by atoms with Gasteiger partial charge in [-0.05, 0) is 12.5 Å². The van der Waals surface area contributed by atoms with Gasteiger partial charge in [-0.15, -0.1) is 0 Å². The number of esters is 1. The second-order valence-corrected chi connectivity index (χ2v) is 3.73. The Balaban J connectivity index is 2.40.